The summed E-state index contributed by atoms with van der Waals surface area (Å²) in [5.74, 6) is -1.14. The highest BCUT2D eigenvalue weighted by Crippen LogP contribution is 2.38. The van der Waals surface area contributed by atoms with Gasteiger partial charge in [0.15, 0.2) is 0 Å². The first-order valence-electron chi connectivity index (χ1n) is 9.55. The van der Waals surface area contributed by atoms with E-state index in [4.69, 9.17) is 17.3 Å². The van der Waals surface area contributed by atoms with Gasteiger partial charge in [0.05, 0.1) is 0 Å². The molecule has 0 radical (unpaired) electrons. The summed E-state index contributed by atoms with van der Waals surface area (Å²) in [6, 6.07) is 4.93. The third kappa shape index (κ3) is 5.70. The SMILES string of the molecule is BCCCCC(N)(C(=O)O)[C@H]1C[C@@H](NCCCc2cc(F)cc(Cl)c2)C1. The third-order valence-corrected chi connectivity index (χ3v) is 5.67. The van der Waals surface area contributed by atoms with Gasteiger partial charge in [0.25, 0.3) is 0 Å². The van der Waals surface area contributed by atoms with Gasteiger partial charge in [-0.05, 0) is 68.3 Å². The van der Waals surface area contributed by atoms with Crippen LogP contribution >= 0.6 is 11.6 Å². The Morgan fingerprint density at radius 2 is 2.08 bits per heavy atom. The quantitative estimate of drug-likeness (QED) is 0.406. The van der Waals surface area contributed by atoms with Crippen LogP contribution < -0.4 is 11.1 Å². The molecule has 1 saturated carbocycles. The Labute approximate surface area is 161 Å². The molecule has 144 valence electrons. The Balaban J connectivity index is 1.69. The molecule has 7 heteroatoms. The maximum Gasteiger partial charge on any atom is 0.323 e. The van der Waals surface area contributed by atoms with Crippen LogP contribution in [0.4, 0.5) is 4.39 Å². The zero-order valence-corrected chi connectivity index (χ0v) is 16.2. The van der Waals surface area contributed by atoms with Crippen LogP contribution in [0.3, 0.4) is 0 Å². The number of hydrogen-bond acceptors (Lipinski definition) is 3. The maximum absolute atomic E-state index is 13.3. The fourth-order valence-corrected chi connectivity index (χ4v) is 3.96. The van der Waals surface area contributed by atoms with Crippen molar-refractivity contribution in [1.29, 1.82) is 0 Å². The molecule has 4 N–H and O–H groups in total. The second kappa shape index (κ2) is 9.72. The lowest BCUT2D eigenvalue weighted by molar-refractivity contribution is -0.148. The summed E-state index contributed by atoms with van der Waals surface area (Å²) in [4.78, 5) is 11.6. The highest BCUT2D eigenvalue weighted by Gasteiger charge is 2.47. The summed E-state index contributed by atoms with van der Waals surface area (Å²) in [5, 5.41) is 13.4. The number of aliphatic carboxylic acids is 1. The Kier molecular flexibility index (Phi) is 7.93. The summed E-state index contributed by atoms with van der Waals surface area (Å²) in [5.41, 5.74) is 6.04. The van der Waals surface area contributed by atoms with Crippen molar-refractivity contribution in [1.82, 2.24) is 5.32 Å². The third-order valence-electron chi connectivity index (χ3n) is 5.46. The molecule has 0 amide bonds. The molecular weight excluding hydrogens is 353 g/mol. The van der Waals surface area contributed by atoms with Gasteiger partial charge in [0.2, 0.25) is 0 Å². The van der Waals surface area contributed by atoms with E-state index in [1.165, 1.54) is 12.1 Å². The number of hydrogen-bond donors (Lipinski definition) is 3. The number of aryl methyl sites for hydroxylation is 1. The fourth-order valence-electron chi connectivity index (χ4n) is 3.71. The van der Waals surface area contributed by atoms with Crippen LogP contribution in [0, 0.1) is 11.7 Å². The van der Waals surface area contributed by atoms with E-state index >= 15 is 0 Å². The summed E-state index contributed by atoms with van der Waals surface area (Å²) in [7, 11) is 2.10. The lowest BCUT2D eigenvalue weighted by atomic mass is 9.66. The average molecular weight is 383 g/mol. The smallest absolute Gasteiger partial charge is 0.323 e. The molecule has 1 aliphatic carbocycles. The molecular formula is C19H29BClFN2O2. The lowest BCUT2D eigenvalue weighted by Gasteiger charge is -2.45. The minimum absolute atomic E-state index is 0.0383. The molecule has 0 aliphatic heterocycles. The number of carboxylic acid groups (broad SMARTS) is 1. The molecule has 26 heavy (non-hydrogen) atoms. The summed E-state index contributed by atoms with van der Waals surface area (Å²) in [6.45, 7) is 0.812. The summed E-state index contributed by atoms with van der Waals surface area (Å²) in [6.07, 6.45) is 6.74. The van der Waals surface area contributed by atoms with Crippen molar-refractivity contribution in [2.45, 2.75) is 62.8 Å². The molecule has 0 saturated heterocycles. The van der Waals surface area contributed by atoms with Crippen molar-refractivity contribution >= 4 is 25.4 Å². The van der Waals surface area contributed by atoms with Gasteiger partial charge in [0, 0.05) is 11.1 Å². The number of nitrogens with two attached hydrogens (primary N) is 1. The number of nitrogens with one attached hydrogen (secondary N) is 1. The average Bonchev–Trinajstić information content (AvgIpc) is 2.51. The van der Waals surface area contributed by atoms with E-state index in [-0.39, 0.29) is 11.7 Å². The number of unbranched alkanes of at least 4 members (excludes halogenated alkanes) is 1. The zero-order chi connectivity index (χ0) is 19.2. The lowest BCUT2D eigenvalue weighted by Crippen LogP contribution is -2.61. The molecule has 0 bridgehead atoms. The van der Waals surface area contributed by atoms with Gasteiger partial charge < -0.3 is 16.2 Å². The van der Waals surface area contributed by atoms with Gasteiger partial charge in [-0.1, -0.05) is 30.8 Å². The zero-order valence-electron chi connectivity index (χ0n) is 15.4. The Morgan fingerprint density at radius 3 is 2.69 bits per heavy atom. The summed E-state index contributed by atoms with van der Waals surface area (Å²) >= 11 is 5.86. The molecule has 0 heterocycles. The highest BCUT2D eigenvalue weighted by atomic mass is 35.5. The van der Waals surface area contributed by atoms with E-state index < -0.39 is 11.5 Å². The molecule has 1 aliphatic rings. The Bertz CT molecular complexity index is 593. The van der Waals surface area contributed by atoms with Crippen molar-refractivity contribution in [3.05, 3.63) is 34.6 Å². The normalized spacial score (nSPS) is 21.8. The van der Waals surface area contributed by atoms with E-state index in [0.717, 1.165) is 57.0 Å². The molecule has 4 nitrogen and oxygen atoms in total. The van der Waals surface area contributed by atoms with E-state index in [2.05, 4.69) is 13.2 Å². The molecule has 0 spiro atoms. The van der Waals surface area contributed by atoms with Crippen molar-refractivity contribution in [3.63, 3.8) is 0 Å². The second-order valence-corrected chi connectivity index (χ2v) is 7.94. The predicted molar refractivity (Wildman–Crippen MR) is 106 cm³/mol. The fraction of sp³-hybridized carbons (Fsp3) is 0.632. The maximum atomic E-state index is 13.3. The van der Waals surface area contributed by atoms with Crippen molar-refractivity contribution in [2.75, 3.05) is 6.54 Å². The Hall–Kier alpha value is -1.11. The number of halogens is 2. The number of carbonyl (C=O) groups is 1. The molecule has 1 aromatic rings. The first kappa shape index (κ1) is 21.2. The molecule has 1 aromatic carbocycles. The van der Waals surface area contributed by atoms with Gasteiger partial charge >= 0.3 is 5.97 Å². The van der Waals surface area contributed by atoms with Gasteiger partial charge in [-0.25, -0.2) is 4.39 Å². The predicted octanol–water partition coefficient (Wildman–Crippen LogP) is 2.78. The van der Waals surface area contributed by atoms with Crippen LogP contribution in [0.15, 0.2) is 18.2 Å². The number of carboxylic acids is 1. The van der Waals surface area contributed by atoms with Crippen LogP contribution in [0.1, 0.15) is 44.1 Å². The second-order valence-electron chi connectivity index (χ2n) is 7.50. The standard InChI is InChI=1S/C19H29BClFN2O2/c20-6-2-1-5-19(23,18(25)26)14-10-17(11-14)24-7-3-4-13-8-15(21)12-16(22)9-13/h8-9,12,14,17,24H,1-7,10-11,20,23H2,(H,25,26)/t14-,17+,19?. The first-order valence-corrected chi connectivity index (χ1v) is 9.93. The van der Waals surface area contributed by atoms with Gasteiger partial charge in [0.1, 0.15) is 19.2 Å². The van der Waals surface area contributed by atoms with Crippen LogP contribution in [-0.4, -0.2) is 37.0 Å². The molecule has 1 unspecified atom stereocenters. The largest absolute Gasteiger partial charge is 0.480 e. The molecule has 0 aromatic heterocycles. The monoisotopic (exact) mass is 382 g/mol. The molecule has 1 atom stereocenters. The molecule has 2 rings (SSSR count). The van der Waals surface area contributed by atoms with Crippen molar-refractivity contribution in [2.24, 2.45) is 11.7 Å². The van der Waals surface area contributed by atoms with Crippen molar-refractivity contribution < 1.29 is 14.3 Å². The van der Waals surface area contributed by atoms with E-state index in [0.29, 0.717) is 17.5 Å². The topological polar surface area (TPSA) is 75.4 Å². The van der Waals surface area contributed by atoms with Gasteiger partial charge in [-0.3, -0.25) is 4.79 Å². The van der Waals surface area contributed by atoms with E-state index in [9.17, 15) is 14.3 Å². The first-order chi connectivity index (χ1) is 12.3. The van der Waals surface area contributed by atoms with Gasteiger partial charge in [-0.15, -0.1) is 0 Å². The number of benzene rings is 1. The van der Waals surface area contributed by atoms with Crippen LogP contribution in [0.2, 0.25) is 11.3 Å². The molecule has 1 fully saturated rings. The van der Waals surface area contributed by atoms with Crippen LogP contribution in [0.25, 0.3) is 0 Å². The van der Waals surface area contributed by atoms with Gasteiger partial charge in [-0.2, -0.15) is 0 Å². The highest BCUT2D eigenvalue weighted by molar-refractivity contribution is 6.30. The minimum atomic E-state index is -1.09. The van der Waals surface area contributed by atoms with E-state index in [1.54, 1.807) is 6.07 Å². The minimum Gasteiger partial charge on any atom is -0.480 e. The van der Waals surface area contributed by atoms with E-state index in [1.807, 2.05) is 0 Å². The Morgan fingerprint density at radius 1 is 1.35 bits per heavy atom. The van der Waals surface area contributed by atoms with Crippen LogP contribution in [-0.2, 0) is 11.2 Å². The summed E-state index contributed by atoms with van der Waals surface area (Å²) < 4.78 is 13.3. The van der Waals surface area contributed by atoms with Crippen LogP contribution in [0.5, 0.6) is 0 Å². The number of rotatable bonds is 11. The van der Waals surface area contributed by atoms with Crippen molar-refractivity contribution in [3.8, 4) is 0 Å².